The summed E-state index contributed by atoms with van der Waals surface area (Å²) in [5.74, 6) is -0.892. The topological polar surface area (TPSA) is 55.1 Å². The summed E-state index contributed by atoms with van der Waals surface area (Å²) in [6.07, 6.45) is 0. The predicted octanol–water partition coefficient (Wildman–Crippen LogP) is 3.82. The van der Waals surface area contributed by atoms with E-state index in [1.165, 1.54) is 23.5 Å². The van der Waals surface area contributed by atoms with Crippen LogP contribution in [0.5, 0.6) is 0 Å². The van der Waals surface area contributed by atoms with Gasteiger partial charge in [0.05, 0.1) is 22.1 Å². The third-order valence-electron chi connectivity index (χ3n) is 2.38. The van der Waals surface area contributed by atoms with Crippen LogP contribution in [0.4, 0.5) is 10.1 Å². The Balaban J connectivity index is 2.10. The number of carbonyl (C=O) groups is 1. The van der Waals surface area contributed by atoms with E-state index in [1.807, 2.05) is 6.07 Å². The van der Waals surface area contributed by atoms with Gasteiger partial charge in [-0.15, -0.1) is 11.3 Å². The van der Waals surface area contributed by atoms with Gasteiger partial charge in [0, 0.05) is 9.35 Å². The van der Waals surface area contributed by atoms with Gasteiger partial charge in [-0.1, -0.05) is 11.6 Å². The maximum Gasteiger partial charge on any atom is 0.252 e. The Hall–Kier alpha value is -1.11. The van der Waals surface area contributed by atoms with E-state index in [2.05, 4.69) is 21.2 Å². The molecule has 1 aromatic carbocycles. The number of nitrogen functional groups attached to an aromatic ring is 1. The molecule has 0 aliphatic heterocycles. The molecule has 19 heavy (non-hydrogen) atoms. The van der Waals surface area contributed by atoms with Crippen LogP contribution in [0.1, 0.15) is 15.2 Å². The monoisotopic (exact) mass is 362 g/mol. The summed E-state index contributed by atoms with van der Waals surface area (Å²) in [5.41, 5.74) is 5.68. The van der Waals surface area contributed by atoms with Crippen molar-refractivity contribution in [3.8, 4) is 0 Å². The Morgan fingerprint density at radius 2 is 2.21 bits per heavy atom. The standard InChI is InChI=1S/C12H9BrClFN2OS/c13-8-4-9(15)10(16)3-7(8)12(18)17-5-6-1-2-11(14)19-6/h1-4H,5,16H2,(H,17,18). The molecule has 0 atom stereocenters. The zero-order valence-corrected chi connectivity index (χ0v) is 12.7. The Labute approximate surface area is 126 Å². The number of rotatable bonds is 3. The number of hydrogen-bond acceptors (Lipinski definition) is 3. The molecule has 0 spiro atoms. The summed E-state index contributed by atoms with van der Waals surface area (Å²) in [5, 5.41) is 2.72. The molecule has 0 unspecified atom stereocenters. The van der Waals surface area contributed by atoms with Crippen molar-refractivity contribution < 1.29 is 9.18 Å². The van der Waals surface area contributed by atoms with E-state index >= 15 is 0 Å². The van der Waals surface area contributed by atoms with Gasteiger partial charge in [-0.25, -0.2) is 4.39 Å². The highest BCUT2D eigenvalue weighted by Gasteiger charge is 2.13. The van der Waals surface area contributed by atoms with Crippen LogP contribution in [0.2, 0.25) is 4.34 Å². The number of anilines is 1. The van der Waals surface area contributed by atoms with Crippen LogP contribution < -0.4 is 11.1 Å². The molecule has 0 aliphatic carbocycles. The molecule has 2 aromatic rings. The van der Waals surface area contributed by atoms with Crippen molar-refractivity contribution in [1.29, 1.82) is 0 Å². The van der Waals surface area contributed by atoms with Gasteiger partial charge in [-0.05, 0) is 40.2 Å². The highest BCUT2D eigenvalue weighted by atomic mass is 79.9. The Morgan fingerprint density at radius 3 is 2.84 bits per heavy atom. The summed E-state index contributed by atoms with van der Waals surface area (Å²) >= 11 is 10.3. The molecule has 2 rings (SSSR count). The fraction of sp³-hybridized carbons (Fsp3) is 0.0833. The van der Waals surface area contributed by atoms with Crippen molar-refractivity contribution in [2.45, 2.75) is 6.54 Å². The minimum absolute atomic E-state index is 0.0625. The lowest BCUT2D eigenvalue weighted by molar-refractivity contribution is 0.0950. The van der Waals surface area contributed by atoms with Crippen molar-refractivity contribution >= 4 is 50.5 Å². The normalized spacial score (nSPS) is 10.5. The highest BCUT2D eigenvalue weighted by molar-refractivity contribution is 9.10. The molecule has 100 valence electrons. The number of thiophene rings is 1. The smallest absolute Gasteiger partial charge is 0.252 e. The van der Waals surface area contributed by atoms with Crippen LogP contribution in [0.3, 0.4) is 0 Å². The molecular weight excluding hydrogens is 355 g/mol. The molecule has 0 bridgehead atoms. The molecule has 7 heteroatoms. The molecule has 0 saturated heterocycles. The van der Waals surface area contributed by atoms with Crippen LogP contribution in [0.15, 0.2) is 28.7 Å². The lowest BCUT2D eigenvalue weighted by Crippen LogP contribution is -2.23. The van der Waals surface area contributed by atoms with Gasteiger partial charge in [0.25, 0.3) is 5.91 Å². The predicted molar refractivity (Wildman–Crippen MR) is 79.0 cm³/mol. The van der Waals surface area contributed by atoms with Crippen LogP contribution in [0.25, 0.3) is 0 Å². The van der Waals surface area contributed by atoms with Gasteiger partial charge in [0.15, 0.2) is 0 Å². The number of nitrogens with one attached hydrogen (secondary N) is 1. The van der Waals surface area contributed by atoms with Crippen molar-refractivity contribution in [2.24, 2.45) is 0 Å². The Bertz CT molecular complexity index is 632. The van der Waals surface area contributed by atoms with E-state index in [4.69, 9.17) is 17.3 Å². The second-order valence-corrected chi connectivity index (χ2v) is 6.40. The number of nitrogens with two attached hydrogens (primary N) is 1. The Morgan fingerprint density at radius 1 is 1.47 bits per heavy atom. The largest absolute Gasteiger partial charge is 0.396 e. The molecule has 1 aromatic heterocycles. The Kier molecular flexibility index (Phi) is 4.44. The third-order valence-corrected chi connectivity index (χ3v) is 4.27. The molecular formula is C12H9BrClFN2OS. The number of carbonyl (C=O) groups excluding carboxylic acids is 1. The maximum atomic E-state index is 13.2. The van der Waals surface area contributed by atoms with Gasteiger partial charge < -0.3 is 11.1 Å². The first kappa shape index (κ1) is 14.3. The SMILES string of the molecule is Nc1cc(C(=O)NCc2ccc(Cl)s2)c(Br)cc1F. The van der Waals surface area contributed by atoms with Gasteiger partial charge in [-0.2, -0.15) is 0 Å². The average molecular weight is 364 g/mol. The third kappa shape index (κ3) is 3.46. The fourth-order valence-electron chi connectivity index (χ4n) is 1.45. The fourth-order valence-corrected chi connectivity index (χ4v) is 2.97. The number of halogens is 3. The lowest BCUT2D eigenvalue weighted by Gasteiger charge is -2.07. The zero-order chi connectivity index (χ0) is 14.0. The van der Waals surface area contributed by atoms with Crippen molar-refractivity contribution in [2.75, 3.05) is 5.73 Å². The minimum atomic E-state index is -0.562. The summed E-state index contributed by atoms with van der Waals surface area (Å²) in [4.78, 5) is 12.9. The van der Waals surface area contributed by atoms with E-state index < -0.39 is 5.82 Å². The second-order valence-electron chi connectivity index (χ2n) is 3.74. The van der Waals surface area contributed by atoms with Gasteiger partial charge in [-0.3, -0.25) is 4.79 Å². The molecule has 0 saturated carbocycles. The number of amides is 1. The molecule has 3 N–H and O–H groups in total. The quantitative estimate of drug-likeness (QED) is 0.815. The van der Waals surface area contributed by atoms with Crippen LogP contribution in [-0.2, 0) is 6.54 Å². The lowest BCUT2D eigenvalue weighted by atomic mass is 10.2. The molecule has 0 radical (unpaired) electrons. The maximum absolute atomic E-state index is 13.2. The summed E-state index contributed by atoms with van der Waals surface area (Å²) in [7, 11) is 0. The molecule has 0 fully saturated rings. The average Bonchev–Trinajstić information content (AvgIpc) is 2.77. The number of hydrogen-bond donors (Lipinski definition) is 2. The molecule has 1 heterocycles. The minimum Gasteiger partial charge on any atom is -0.396 e. The van der Waals surface area contributed by atoms with Crippen molar-refractivity contribution in [3.05, 3.63) is 49.3 Å². The first-order valence-electron chi connectivity index (χ1n) is 5.24. The van der Waals surface area contributed by atoms with Crippen molar-refractivity contribution in [3.63, 3.8) is 0 Å². The zero-order valence-electron chi connectivity index (χ0n) is 9.54. The first-order valence-corrected chi connectivity index (χ1v) is 7.23. The molecule has 3 nitrogen and oxygen atoms in total. The van der Waals surface area contributed by atoms with E-state index in [-0.39, 0.29) is 11.6 Å². The van der Waals surface area contributed by atoms with Crippen molar-refractivity contribution in [1.82, 2.24) is 5.32 Å². The van der Waals surface area contributed by atoms with Gasteiger partial charge >= 0.3 is 0 Å². The van der Waals surface area contributed by atoms with Crippen LogP contribution >= 0.6 is 38.9 Å². The van der Waals surface area contributed by atoms with E-state index in [0.29, 0.717) is 20.9 Å². The van der Waals surface area contributed by atoms with E-state index in [0.717, 1.165) is 4.88 Å². The second kappa shape index (κ2) is 5.90. The highest BCUT2D eigenvalue weighted by Crippen LogP contribution is 2.24. The summed E-state index contributed by atoms with van der Waals surface area (Å²) in [6, 6.07) is 6.07. The van der Waals surface area contributed by atoms with E-state index in [9.17, 15) is 9.18 Å². The van der Waals surface area contributed by atoms with Gasteiger partial charge in [0.1, 0.15) is 5.82 Å². The van der Waals surface area contributed by atoms with E-state index in [1.54, 1.807) is 6.07 Å². The molecule has 1 amide bonds. The summed E-state index contributed by atoms with van der Waals surface area (Å²) < 4.78 is 14.2. The first-order chi connectivity index (χ1) is 8.97. The molecule has 0 aliphatic rings. The summed E-state index contributed by atoms with van der Waals surface area (Å²) in [6.45, 7) is 0.361. The van der Waals surface area contributed by atoms with Gasteiger partial charge in [0.2, 0.25) is 0 Å². The van der Waals surface area contributed by atoms with Crippen LogP contribution in [0, 0.1) is 5.82 Å². The van der Waals surface area contributed by atoms with Crippen LogP contribution in [-0.4, -0.2) is 5.91 Å². The number of benzene rings is 1.